The second kappa shape index (κ2) is 6.28. The van der Waals surface area contributed by atoms with Gasteiger partial charge in [-0.05, 0) is 30.7 Å². The van der Waals surface area contributed by atoms with E-state index in [1.807, 2.05) is 0 Å². The first-order valence-electron chi connectivity index (χ1n) is 4.90. The summed E-state index contributed by atoms with van der Waals surface area (Å²) in [6.07, 6.45) is 3.51. The van der Waals surface area contributed by atoms with E-state index in [0.29, 0.717) is 23.6 Å². The van der Waals surface area contributed by atoms with Crippen molar-refractivity contribution in [3.8, 4) is 0 Å². The van der Waals surface area contributed by atoms with Crippen LogP contribution in [0.5, 0.6) is 0 Å². The summed E-state index contributed by atoms with van der Waals surface area (Å²) >= 11 is 5.43. The van der Waals surface area contributed by atoms with Crippen LogP contribution in [0.3, 0.4) is 0 Å². The first kappa shape index (κ1) is 12.7. The molecule has 0 aromatic heterocycles. The van der Waals surface area contributed by atoms with Gasteiger partial charge < -0.3 is 5.32 Å². The summed E-state index contributed by atoms with van der Waals surface area (Å²) < 4.78 is 13.0. The van der Waals surface area contributed by atoms with Crippen molar-refractivity contribution in [3.05, 3.63) is 47.3 Å². The third kappa shape index (κ3) is 3.66. The molecule has 1 aromatic carbocycles. The fourth-order valence-electron chi connectivity index (χ4n) is 1.19. The number of hydrogen-bond acceptors (Lipinski definition) is 1. The molecular formula is C12H13ClFNO. The minimum atomic E-state index is -0.307. The van der Waals surface area contributed by atoms with Gasteiger partial charge in [0.2, 0.25) is 0 Å². The van der Waals surface area contributed by atoms with Crippen LogP contribution in [0.1, 0.15) is 15.9 Å². The molecule has 16 heavy (non-hydrogen) atoms. The molecule has 0 aliphatic heterocycles. The number of hydrogen-bond donors (Lipinski definition) is 1. The van der Waals surface area contributed by atoms with Crippen molar-refractivity contribution in [3.63, 3.8) is 0 Å². The summed E-state index contributed by atoms with van der Waals surface area (Å²) in [5.41, 5.74) is 0.919. The van der Waals surface area contributed by atoms with Crippen LogP contribution in [0, 0.1) is 12.7 Å². The van der Waals surface area contributed by atoms with Gasteiger partial charge in [-0.1, -0.05) is 12.2 Å². The molecule has 0 saturated heterocycles. The van der Waals surface area contributed by atoms with Gasteiger partial charge in [-0.3, -0.25) is 4.79 Å². The molecule has 0 heterocycles. The Morgan fingerprint density at radius 1 is 1.50 bits per heavy atom. The number of aryl methyl sites for hydroxylation is 1. The van der Waals surface area contributed by atoms with Crippen LogP contribution in [0.4, 0.5) is 4.39 Å². The zero-order valence-electron chi connectivity index (χ0n) is 8.97. The summed E-state index contributed by atoms with van der Waals surface area (Å²) in [5, 5.41) is 2.67. The molecule has 1 rings (SSSR count). The largest absolute Gasteiger partial charge is 0.349 e. The minimum absolute atomic E-state index is 0.220. The highest BCUT2D eigenvalue weighted by Gasteiger charge is 2.05. The maximum absolute atomic E-state index is 13.0. The number of carbonyl (C=O) groups excluding carboxylic acids is 1. The van der Waals surface area contributed by atoms with Crippen molar-refractivity contribution in [2.45, 2.75) is 6.92 Å². The molecule has 0 spiro atoms. The van der Waals surface area contributed by atoms with E-state index in [2.05, 4.69) is 5.32 Å². The fourth-order valence-corrected chi connectivity index (χ4v) is 1.31. The fraction of sp³-hybridized carbons (Fsp3) is 0.250. The van der Waals surface area contributed by atoms with Crippen molar-refractivity contribution in [1.82, 2.24) is 5.32 Å². The number of benzene rings is 1. The van der Waals surface area contributed by atoms with Gasteiger partial charge in [0.25, 0.3) is 5.91 Å². The number of halogens is 2. The van der Waals surface area contributed by atoms with Crippen LogP contribution in [-0.4, -0.2) is 18.3 Å². The Hall–Kier alpha value is -1.35. The zero-order valence-corrected chi connectivity index (χ0v) is 9.72. The lowest BCUT2D eigenvalue weighted by atomic mass is 10.1. The molecule has 0 aliphatic rings. The highest BCUT2D eigenvalue weighted by Crippen LogP contribution is 2.08. The third-order valence-electron chi connectivity index (χ3n) is 2.06. The molecule has 86 valence electrons. The zero-order chi connectivity index (χ0) is 12.0. The average molecular weight is 242 g/mol. The Morgan fingerprint density at radius 3 is 2.88 bits per heavy atom. The van der Waals surface area contributed by atoms with Crippen LogP contribution < -0.4 is 5.32 Å². The lowest BCUT2D eigenvalue weighted by Gasteiger charge is -2.03. The SMILES string of the molecule is Cc1cc(C(=O)NC/C=C/CCl)ccc1F. The normalized spacial score (nSPS) is 10.7. The number of carbonyl (C=O) groups is 1. The highest BCUT2D eigenvalue weighted by atomic mass is 35.5. The van der Waals surface area contributed by atoms with Crippen molar-refractivity contribution in [2.24, 2.45) is 0 Å². The predicted octanol–water partition coefficient (Wildman–Crippen LogP) is 2.66. The molecule has 0 fully saturated rings. The Morgan fingerprint density at radius 2 is 2.25 bits per heavy atom. The molecule has 4 heteroatoms. The van der Waals surface area contributed by atoms with E-state index < -0.39 is 0 Å². The Kier molecular flexibility index (Phi) is 4.99. The maximum atomic E-state index is 13.0. The standard InChI is InChI=1S/C12H13ClFNO/c1-9-8-10(4-5-11(9)14)12(16)15-7-3-2-6-13/h2-5,8H,6-7H2,1H3,(H,15,16)/b3-2+. The number of alkyl halides is 1. The molecule has 0 radical (unpaired) electrons. The first-order chi connectivity index (χ1) is 7.65. The maximum Gasteiger partial charge on any atom is 0.251 e. The van der Waals surface area contributed by atoms with Gasteiger partial charge in [-0.2, -0.15) is 0 Å². The number of nitrogens with one attached hydrogen (secondary N) is 1. The van der Waals surface area contributed by atoms with Gasteiger partial charge in [-0.25, -0.2) is 4.39 Å². The summed E-state index contributed by atoms with van der Waals surface area (Å²) in [5.74, 6) is -0.105. The molecule has 1 N–H and O–H groups in total. The Balaban J connectivity index is 2.59. The van der Waals surface area contributed by atoms with Crippen LogP contribution >= 0.6 is 11.6 Å². The van der Waals surface area contributed by atoms with Gasteiger partial charge >= 0.3 is 0 Å². The lowest BCUT2D eigenvalue weighted by molar-refractivity contribution is 0.0958. The van der Waals surface area contributed by atoms with E-state index in [9.17, 15) is 9.18 Å². The molecular weight excluding hydrogens is 229 g/mol. The molecule has 2 nitrogen and oxygen atoms in total. The lowest BCUT2D eigenvalue weighted by Crippen LogP contribution is -2.23. The first-order valence-corrected chi connectivity index (χ1v) is 5.44. The van der Waals surface area contributed by atoms with Gasteiger partial charge in [0.15, 0.2) is 0 Å². The quantitative estimate of drug-likeness (QED) is 0.637. The van der Waals surface area contributed by atoms with Crippen LogP contribution in [0.2, 0.25) is 0 Å². The van der Waals surface area contributed by atoms with Crippen molar-refractivity contribution < 1.29 is 9.18 Å². The Bertz CT molecular complexity index is 404. The van der Waals surface area contributed by atoms with E-state index in [1.165, 1.54) is 18.2 Å². The molecule has 0 bridgehead atoms. The van der Waals surface area contributed by atoms with Gasteiger partial charge in [-0.15, -0.1) is 11.6 Å². The van der Waals surface area contributed by atoms with Crippen LogP contribution in [-0.2, 0) is 0 Å². The summed E-state index contributed by atoms with van der Waals surface area (Å²) in [6.45, 7) is 2.04. The summed E-state index contributed by atoms with van der Waals surface area (Å²) in [4.78, 5) is 11.6. The monoisotopic (exact) mass is 241 g/mol. The van der Waals surface area contributed by atoms with E-state index in [-0.39, 0.29) is 11.7 Å². The third-order valence-corrected chi connectivity index (χ3v) is 2.23. The minimum Gasteiger partial charge on any atom is -0.349 e. The van der Waals surface area contributed by atoms with E-state index in [1.54, 1.807) is 19.1 Å². The molecule has 0 saturated carbocycles. The molecule has 0 aliphatic carbocycles. The van der Waals surface area contributed by atoms with Crippen molar-refractivity contribution in [2.75, 3.05) is 12.4 Å². The van der Waals surface area contributed by atoms with E-state index in [4.69, 9.17) is 11.6 Å². The second-order valence-electron chi connectivity index (χ2n) is 3.30. The molecule has 1 aromatic rings. The molecule has 1 amide bonds. The number of rotatable bonds is 4. The summed E-state index contributed by atoms with van der Waals surface area (Å²) in [7, 11) is 0. The van der Waals surface area contributed by atoms with Crippen LogP contribution in [0.15, 0.2) is 30.4 Å². The topological polar surface area (TPSA) is 29.1 Å². The smallest absolute Gasteiger partial charge is 0.251 e. The van der Waals surface area contributed by atoms with Crippen LogP contribution in [0.25, 0.3) is 0 Å². The van der Waals surface area contributed by atoms with Gasteiger partial charge in [0, 0.05) is 18.0 Å². The van der Waals surface area contributed by atoms with Gasteiger partial charge in [0.1, 0.15) is 5.82 Å². The molecule has 0 unspecified atom stereocenters. The molecule has 0 atom stereocenters. The number of amides is 1. The number of allylic oxidation sites excluding steroid dienone is 1. The van der Waals surface area contributed by atoms with Gasteiger partial charge in [0.05, 0.1) is 0 Å². The Labute approximate surface area is 99.1 Å². The second-order valence-corrected chi connectivity index (χ2v) is 3.61. The van der Waals surface area contributed by atoms with Crippen molar-refractivity contribution in [1.29, 1.82) is 0 Å². The van der Waals surface area contributed by atoms with E-state index >= 15 is 0 Å². The highest BCUT2D eigenvalue weighted by molar-refractivity contribution is 6.18. The predicted molar refractivity (Wildman–Crippen MR) is 63.3 cm³/mol. The van der Waals surface area contributed by atoms with E-state index in [0.717, 1.165) is 0 Å². The summed E-state index contributed by atoms with van der Waals surface area (Å²) in [6, 6.07) is 4.28. The average Bonchev–Trinajstić information content (AvgIpc) is 2.28. The van der Waals surface area contributed by atoms with Crippen molar-refractivity contribution >= 4 is 17.5 Å².